The molecule has 19 heavy (non-hydrogen) atoms. The van der Waals surface area contributed by atoms with Gasteiger partial charge in [0.15, 0.2) is 0 Å². The monoisotopic (exact) mass is 285 g/mol. The molecule has 0 aliphatic heterocycles. The van der Waals surface area contributed by atoms with Crippen molar-refractivity contribution in [1.29, 1.82) is 0 Å². The van der Waals surface area contributed by atoms with E-state index in [-0.39, 0.29) is 18.4 Å². The topological polar surface area (TPSA) is 52.3 Å². The first-order valence-electron chi connectivity index (χ1n) is 6.69. The lowest BCUT2D eigenvalue weighted by atomic mass is 10.0. The van der Waals surface area contributed by atoms with Crippen LogP contribution in [0.1, 0.15) is 37.3 Å². The molecule has 0 bridgehead atoms. The Kier molecular flexibility index (Phi) is 10.2. The first kappa shape index (κ1) is 17.9. The van der Waals surface area contributed by atoms with Gasteiger partial charge in [0.25, 0.3) is 0 Å². The fourth-order valence-corrected chi connectivity index (χ4v) is 1.87. The number of halogens is 1. The first-order valence-corrected chi connectivity index (χ1v) is 6.69. The number of hydrogen-bond donors (Lipinski definition) is 1. The zero-order valence-corrected chi connectivity index (χ0v) is 12.4. The zero-order valence-electron chi connectivity index (χ0n) is 11.6. The zero-order chi connectivity index (χ0) is 13.2. The number of rotatable bonds is 8. The SMILES string of the molecule is CCOC(=O)CCCCc1ccc(CCN)cc1.Cl. The van der Waals surface area contributed by atoms with Crippen LogP contribution in [-0.4, -0.2) is 19.1 Å². The molecule has 3 nitrogen and oxygen atoms in total. The molecule has 0 aliphatic carbocycles. The van der Waals surface area contributed by atoms with Gasteiger partial charge in [-0.05, 0) is 50.3 Å². The molecule has 0 radical (unpaired) electrons. The van der Waals surface area contributed by atoms with Crippen molar-refractivity contribution in [3.05, 3.63) is 35.4 Å². The molecule has 0 aromatic heterocycles. The highest BCUT2D eigenvalue weighted by molar-refractivity contribution is 5.85. The summed E-state index contributed by atoms with van der Waals surface area (Å²) < 4.78 is 4.89. The summed E-state index contributed by atoms with van der Waals surface area (Å²) in [5.41, 5.74) is 8.11. The summed E-state index contributed by atoms with van der Waals surface area (Å²) in [5, 5.41) is 0. The van der Waals surface area contributed by atoms with E-state index in [0.29, 0.717) is 19.6 Å². The van der Waals surface area contributed by atoms with Crippen molar-refractivity contribution in [3.8, 4) is 0 Å². The van der Waals surface area contributed by atoms with Gasteiger partial charge in [0.05, 0.1) is 6.61 Å². The minimum absolute atomic E-state index is 0. The van der Waals surface area contributed by atoms with Gasteiger partial charge < -0.3 is 10.5 Å². The molecular formula is C15H24ClNO2. The van der Waals surface area contributed by atoms with E-state index in [4.69, 9.17) is 10.5 Å². The number of esters is 1. The van der Waals surface area contributed by atoms with Crippen molar-refractivity contribution < 1.29 is 9.53 Å². The Morgan fingerprint density at radius 2 is 1.68 bits per heavy atom. The predicted octanol–water partition coefficient (Wildman–Crippen LogP) is 2.89. The molecule has 4 heteroatoms. The molecule has 0 saturated carbocycles. The Morgan fingerprint density at radius 3 is 2.21 bits per heavy atom. The van der Waals surface area contributed by atoms with E-state index in [0.717, 1.165) is 25.7 Å². The number of unbranched alkanes of at least 4 members (excludes halogenated alkanes) is 1. The fraction of sp³-hybridized carbons (Fsp3) is 0.533. The van der Waals surface area contributed by atoms with Crippen molar-refractivity contribution in [3.63, 3.8) is 0 Å². The van der Waals surface area contributed by atoms with Crippen molar-refractivity contribution in [1.82, 2.24) is 0 Å². The average molecular weight is 286 g/mol. The highest BCUT2D eigenvalue weighted by atomic mass is 35.5. The van der Waals surface area contributed by atoms with Crippen LogP contribution in [0.15, 0.2) is 24.3 Å². The van der Waals surface area contributed by atoms with Gasteiger partial charge in [0.1, 0.15) is 0 Å². The lowest BCUT2D eigenvalue weighted by Gasteiger charge is -2.04. The highest BCUT2D eigenvalue weighted by Gasteiger charge is 2.01. The van der Waals surface area contributed by atoms with Crippen LogP contribution in [0.5, 0.6) is 0 Å². The van der Waals surface area contributed by atoms with Gasteiger partial charge in [0.2, 0.25) is 0 Å². The average Bonchev–Trinajstić information content (AvgIpc) is 2.37. The molecule has 0 atom stereocenters. The lowest BCUT2D eigenvalue weighted by molar-refractivity contribution is -0.143. The molecule has 2 N–H and O–H groups in total. The normalized spacial score (nSPS) is 9.79. The largest absolute Gasteiger partial charge is 0.466 e. The highest BCUT2D eigenvalue weighted by Crippen LogP contribution is 2.09. The molecular weight excluding hydrogens is 262 g/mol. The van der Waals surface area contributed by atoms with Crippen LogP contribution >= 0.6 is 12.4 Å². The molecule has 0 aliphatic rings. The lowest BCUT2D eigenvalue weighted by Crippen LogP contribution is -2.03. The third-order valence-electron chi connectivity index (χ3n) is 2.86. The summed E-state index contributed by atoms with van der Waals surface area (Å²) in [5.74, 6) is -0.0872. The second-order valence-corrected chi connectivity index (χ2v) is 4.37. The van der Waals surface area contributed by atoms with Crippen LogP contribution in [0.25, 0.3) is 0 Å². The number of carbonyl (C=O) groups excluding carboxylic acids is 1. The van der Waals surface area contributed by atoms with Crippen LogP contribution in [0, 0.1) is 0 Å². The summed E-state index contributed by atoms with van der Waals surface area (Å²) in [4.78, 5) is 11.1. The Morgan fingerprint density at radius 1 is 1.11 bits per heavy atom. The van der Waals surface area contributed by atoms with E-state index >= 15 is 0 Å². The van der Waals surface area contributed by atoms with Gasteiger partial charge in [-0.3, -0.25) is 4.79 Å². The van der Waals surface area contributed by atoms with Crippen LogP contribution in [0.4, 0.5) is 0 Å². The van der Waals surface area contributed by atoms with E-state index in [1.54, 1.807) is 0 Å². The third-order valence-corrected chi connectivity index (χ3v) is 2.86. The molecule has 0 amide bonds. The smallest absolute Gasteiger partial charge is 0.305 e. The molecule has 0 fully saturated rings. The molecule has 0 saturated heterocycles. The molecule has 1 aromatic carbocycles. The second-order valence-electron chi connectivity index (χ2n) is 4.37. The standard InChI is InChI=1S/C15H23NO2.ClH/c1-2-18-15(17)6-4-3-5-13-7-9-14(10-8-13)11-12-16;/h7-10H,2-6,11-12,16H2,1H3;1H. The van der Waals surface area contributed by atoms with Crippen molar-refractivity contribution in [2.75, 3.05) is 13.2 Å². The molecule has 108 valence electrons. The van der Waals surface area contributed by atoms with Crippen LogP contribution in [-0.2, 0) is 22.4 Å². The van der Waals surface area contributed by atoms with E-state index in [2.05, 4.69) is 24.3 Å². The maximum absolute atomic E-state index is 11.1. The van der Waals surface area contributed by atoms with Crippen LogP contribution in [0.3, 0.4) is 0 Å². The number of ether oxygens (including phenoxy) is 1. The fourth-order valence-electron chi connectivity index (χ4n) is 1.87. The Balaban J connectivity index is 0.00000324. The van der Waals surface area contributed by atoms with Gasteiger partial charge in [-0.25, -0.2) is 0 Å². The summed E-state index contributed by atoms with van der Waals surface area (Å²) >= 11 is 0. The molecule has 0 unspecified atom stereocenters. The third kappa shape index (κ3) is 7.85. The van der Waals surface area contributed by atoms with Gasteiger partial charge in [-0.2, -0.15) is 0 Å². The Hall–Kier alpha value is -1.06. The molecule has 0 spiro atoms. The number of nitrogens with two attached hydrogens (primary N) is 1. The van der Waals surface area contributed by atoms with E-state index in [1.165, 1.54) is 11.1 Å². The van der Waals surface area contributed by atoms with Gasteiger partial charge >= 0.3 is 5.97 Å². The number of benzene rings is 1. The minimum Gasteiger partial charge on any atom is -0.466 e. The maximum Gasteiger partial charge on any atom is 0.305 e. The van der Waals surface area contributed by atoms with E-state index in [9.17, 15) is 4.79 Å². The van der Waals surface area contributed by atoms with Gasteiger partial charge in [-0.1, -0.05) is 24.3 Å². The molecule has 1 rings (SSSR count). The van der Waals surface area contributed by atoms with E-state index < -0.39 is 0 Å². The minimum atomic E-state index is -0.0872. The summed E-state index contributed by atoms with van der Waals surface area (Å²) in [6.45, 7) is 3.00. The van der Waals surface area contributed by atoms with Crippen LogP contribution in [0.2, 0.25) is 0 Å². The molecule has 0 heterocycles. The summed E-state index contributed by atoms with van der Waals surface area (Å²) in [6, 6.07) is 8.56. The summed E-state index contributed by atoms with van der Waals surface area (Å²) in [7, 11) is 0. The number of aryl methyl sites for hydroxylation is 1. The first-order chi connectivity index (χ1) is 8.76. The second kappa shape index (κ2) is 10.8. The quantitative estimate of drug-likeness (QED) is 0.590. The number of carbonyl (C=O) groups is 1. The van der Waals surface area contributed by atoms with Gasteiger partial charge in [-0.15, -0.1) is 12.4 Å². The van der Waals surface area contributed by atoms with Crippen molar-refractivity contribution in [2.24, 2.45) is 5.73 Å². The van der Waals surface area contributed by atoms with Crippen LogP contribution < -0.4 is 5.73 Å². The Labute approximate surface area is 121 Å². The van der Waals surface area contributed by atoms with Crippen molar-refractivity contribution >= 4 is 18.4 Å². The Bertz CT molecular complexity index is 352. The maximum atomic E-state index is 11.1. The predicted molar refractivity (Wildman–Crippen MR) is 80.6 cm³/mol. The molecule has 1 aromatic rings. The number of hydrogen-bond acceptors (Lipinski definition) is 3. The van der Waals surface area contributed by atoms with E-state index in [1.807, 2.05) is 6.92 Å². The van der Waals surface area contributed by atoms with Gasteiger partial charge in [0, 0.05) is 6.42 Å². The van der Waals surface area contributed by atoms with Crippen molar-refractivity contribution in [2.45, 2.75) is 39.0 Å². The summed E-state index contributed by atoms with van der Waals surface area (Å²) in [6.07, 6.45) is 4.39.